The molecule has 0 aliphatic heterocycles. The molecule has 0 amide bonds. The fourth-order valence-corrected chi connectivity index (χ4v) is 2.26. The van der Waals surface area contributed by atoms with Crippen LogP contribution in [0.3, 0.4) is 0 Å². The van der Waals surface area contributed by atoms with Gasteiger partial charge in [-0.1, -0.05) is 13.0 Å². The van der Waals surface area contributed by atoms with Gasteiger partial charge in [-0.2, -0.15) is 11.8 Å². The van der Waals surface area contributed by atoms with E-state index in [1.807, 2.05) is 24.8 Å². The van der Waals surface area contributed by atoms with Crippen LogP contribution in [0.1, 0.15) is 25.8 Å². The molecule has 0 spiro atoms. The van der Waals surface area contributed by atoms with Crippen molar-refractivity contribution in [2.75, 3.05) is 18.1 Å². The standard InChI is InChI=1S/C14H22FNOS/c1-3-18-8-4-7-17-14-6-5-12(9-11(2)16)10-13(14)15/h5-6,10-11H,3-4,7-9,16H2,1-2H3. The second kappa shape index (κ2) is 8.38. The summed E-state index contributed by atoms with van der Waals surface area (Å²) in [5.41, 5.74) is 6.60. The van der Waals surface area contributed by atoms with Gasteiger partial charge < -0.3 is 10.5 Å². The number of thioether (sulfide) groups is 1. The second-order valence-corrected chi connectivity index (χ2v) is 5.74. The van der Waals surface area contributed by atoms with Crippen molar-refractivity contribution in [1.82, 2.24) is 0 Å². The lowest BCUT2D eigenvalue weighted by molar-refractivity contribution is 0.302. The fourth-order valence-electron chi connectivity index (χ4n) is 1.65. The fraction of sp³-hybridized carbons (Fsp3) is 0.571. The predicted molar refractivity (Wildman–Crippen MR) is 76.9 cm³/mol. The summed E-state index contributed by atoms with van der Waals surface area (Å²) >= 11 is 1.87. The van der Waals surface area contributed by atoms with Crippen LogP contribution in [-0.2, 0) is 6.42 Å². The lowest BCUT2D eigenvalue weighted by atomic mass is 10.1. The van der Waals surface area contributed by atoms with Gasteiger partial charge in [0.05, 0.1) is 6.61 Å². The molecule has 2 N–H and O–H groups in total. The number of halogens is 1. The maximum Gasteiger partial charge on any atom is 0.165 e. The van der Waals surface area contributed by atoms with Crippen LogP contribution in [-0.4, -0.2) is 24.2 Å². The Balaban J connectivity index is 2.42. The third-order valence-corrected chi connectivity index (χ3v) is 3.43. The first-order chi connectivity index (χ1) is 8.63. The molecule has 0 bridgehead atoms. The van der Waals surface area contributed by atoms with Gasteiger partial charge >= 0.3 is 0 Å². The van der Waals surface area contributed by atoms with E-state index in [2.05, 4.69) is 6.92 Å². The molecule has 0 saturated heterocycles. The monoisotopic (exact) mass is 271 g/mol. The Labute approximate surface area is 113 Å². The van der Waals surface area contributed by atoms with Gasteiger partial charge in [-0.15, -0.1) is 0 Å². The first-order valence-electron chi connectivity index (χ1n) is 6.38. The molecule has 0 aliphatic carbocycles. The highest BCUT2D eigenvalue weighted by Crippen LogP contribution is 2.19. The summed E-state index contributed by atoms with van der Waals surface area (Å²) < 4.78 is 19.1. The molecule has 0 fully saturated rings. The molecule has 0 saturated carbocycles. The highest BCUT2D eigenvalue weighted by molar-refractivity contribution is 7.99. The number of benzene rings is 1. The van der Waals surface area contributed by atoms with Gasteiger partial charge in [-0.3, -0.25) is 0 Å². The molecule has 1 aromatic carbocycles. The van der Waals surface area contributed by atoms with Crippen LogP contribution in [0.2, 0.25) is 0 Å². The van der Waals surface area contributed by atoms with Gasteiger partial charge in [0.1, 0.15) is 0 Å². The Morgan fingerprint density at radius 3 is 2.83 bits per heavy atom. The molecule has 0 aliphatic rings. The summed E-state index contributed by atoms with van der Waals surface area (Å²) in [6.07, 6.45) is 1.63. The Morgan fingerprint density at radius 1 is 1.44 bits per heavy atom. The number of nitrogens with two attached hydrogens (primary N) is 1. The molecule has 1 aromatic rings. The zero-order valence-electron chi connectivity index (χ0n) is 11.1. The summed E-state index contributed by atoms with van der Waals surface area (Å²) in [5, 5.41) is 0. The van der Waals surface area contributed by atoms with E-state index in [1.54, 1.807) is 6.07 Å². The third kappa shape index (κ3) is 5.74. The summed E-state index contributed by atoms with van der Waals surface area (Å²) in [6, 6.07) is 5.13. The maximum atomic E-state index is 13.7. The van der Waals surface area contributed by atoms with E-state index in [1.165, 1.54) is 6.07 Å². The Bertz CT molecular complexity index is 358. The minimum Gasteiger partial charge on any atom is -0.490 e. The SMILES string of the molecule is CCSCCCOc1ccc(CC(C)N)cc1F. The van der Waals surface area contributed by atoms with Crippen LogP contribution in [0, 0.1) is 5.82 Å². The van der Waals surface area contributed by atoms with Crippen LogP contribution < -0.4 is 10.5 Å². The first kappa shape index (κ1) is 15.3. The largest absolute Gasteiger partial charge is 0.490 e. The van der Waals surface area contributed by atoms with Crippen molar-refractivity contribution in [3.05, 3.63) is 29.6 Å². The van der Waals surface area contributed by atoms with Crippen LogP contribution in [0.25, 0.3) is 0 Å². The smallest absolute Gasteiger partial charge is 0.165 e. The van der Waals surface area contributed by atoms with Gasteiger partial charge in [-0.25, -0.2) is 4.39 Å². The highest BCUT2D eigenvalue weighted by atomic mass is 32.2. The molecule has 18 heavy (non-hydrogen) atoms. The Kier molecular flexibility index (Phi) is 7.13. The van der Waals surface area contributed by atoms with Gasteiger partial charge in [0.25, 0.3) is 0 Å². The second-order valence-electron chi connectivity index (χ2n) is 4.35. The number of hydrogen-bond donors (Lipinski definition) is 1. The Hall–Kier alpha value is -0.740. The predicted octanol–water partition coefficient (Wildman–Crippen LogP) is 3.24. The molecule has 0 aromatic heterocycles. The molecular formula is C14H22FNOS. The van der Waals surface area contributed by atoms with Crippen molar-refractivity contribution < 1.29 is 9.13 Å². The summed E-state index contributed by atoms with van der Waals surface area (Å²) in [7, 11) is 0. The lowest BCUT2D eigenvalue weighted by Crippen LogP contribution is -2.17. The quantitative estimate of drug-likeness (QED) is 0.737. The zero-order valence-corrected chi connectivity index (χ0v) is 11.9. The van der Waals surface area contributed by atoms with Gasteiger partial charge in [0, 0.05) is 6.04 Å². The average molecular weight is 271 g/mol. The van der Waals surface area contributed by atoms with Crippen molar-refractivity contribution in [1.29, 1.82) is 0 Å². The minimum absolute atomic E-state index is 0.0437. The van der Waals surface area contributed by atoms with E-state index in [4.69, 9.17) is 10.5 Å². The van der Waals surface area contributed by atoms with Gasteiger partial charge in [0.15, 0.2) is 11.6 Å². The molecule has 0 radical (unpaired) electrons. The van der Waals surface area contributed by atoms with E-state index in [-0.39, 0.29) is 11.9 Å². The lowest BCUT2D eigenvalue weighted by Gasteiger charge is -2.09. The molecule has 1 rings (SSSR count). The van der Waals surface area contributed by atoms with Crippen molar-refractivity contribution >= 4 is 11.8 Å². The maximum absolute atomic E-state index is 13.7. The first-order valence-corrected chi connectivity index (χ1v) is 7.53. The number of rotatable bonds is 8. The molecule has 102 valence electrons. The average Bonchev–Trinajstić information content (AvgIpc) is 2.30. The van der Waals surface area contributed by atoms with Gasteiger partial charge in [-0.05, 0) is 49.0 Å². The normalized spacial score (nSPS) is 12.4. The topological polar surface area (TPSA) is 35.2 Å². The van der Waals surface area contributed by atoms with Crippen LogP contribution in [0.15, 0.2) is 18.2 Å². The summed E-state index contributed by atoms with van der Waals surface area (Å²) in [5.74, 6) is 2.21. The Morgan fingerprint density at radius 2 is 2.22 bits per heavy atom. The molecular weight excluding hydrogens is 249 g/mol. The van der Waals surface area contributed by atoms with E-state index in [0.717, 1.165) is 23.5 Å². The molecule has 1 atom stereocenters. The third-order valence-electron chi connectivity index (χ3n) is 2.45. The summed E-state index contributed by atoms with van der Waals surface area (Å²) in [4.78, 5) is 0. The van der Waals surface area contributed by atoms with Crippen LogP contribution in [0.5, 0.6) is 5.75 Å². The van der Waals surface area contributed by atoms with Crippen LogP contribution >= 0.6 is 11.8 Å². The van der Waals surface area contributed by atoms with E-state index in [9.17, 15) is 4.39 Å². The van der Waals surface area contributed by atoms with E-state index >= 15 is 0 Å². The van der Waals surface area contributed by atoms with Gasteiger partial charge in [0.2, 0.25) is 0 Å². The van der Waals surface area contributed by atoms with Crippen LogP contribution in [0.4, 0.5) is 4.39 Å². The molecule has 0 heterocycles. The number of hydrogen-bond acceptors (Lipinski definition) is 3. The zero-order chi connectivity index (χ0) is 13.4. The van der Waals surface area contributed by atoms with Crippen molar-refractivity contribution in [2.24, 2.45) is 5.73 Å². The summed E-state index contributed by atoms with van der Waals surface area (Å²) in [6.45, 7) is 4.60. The highest BCUT2D eigenvalue weighted by Gasteiger charge is 2.06. The van der Waals surface area contributed by atoms with Crippen molar-refractivity contribution in [2.45, 2.75) is 32.7 Å². The van der Waals surface area contributed by atoms with E-state index < -0.39 is 0 Å². The van der Waals surface area contributed by atoms with E-state index in [0.29, 0.717) is 18.8 Å². The minimum atomic E-state index is -0.295. The van der Waals surface area contributed by atoms with Crippen molar-refractivity contribution in [3.63, 3.8) is 0 Å². The molecule has 1 unspecified atom stereocenters. The molecule has 2 nitrogen and oxygen atoms in total. The number of ether oxygens (including phenoxy) is 1. The van der Waals surface area contributed by atoms with Crippen molar-refractivity contribution in [3.8, 4) is 5.75 Å². The molecule has 4 heteroatoms.